The van der Waals surface area contributed by atoms with E-state index in [1.165, 1.54) is 15.9 Å². The summed E-state index contributed by atoms with van der Waals surface area (Å²) in [5, 5.41) is 3.63. The highest BCUT2D eigenvalue weighted by Crippen LogP contribution is 2.56. The summed E-state index contributed by atoms with van der Waals surface area (Å²) < 4.78 is 5.30. The van der Waals surface area contributed by atoms with Gasteiger partial charge >= 0.3 is 0 Å². The van der Waals surface area contributed by atoms with Crippen molar-refractivity contribution in [3.8, 4) is 5.75 Å². The van der Waals surface area contributed by atoms with Crippen LogP contribution in [0.25, 0.3) is 5.31 Å². The smallest absolute Gasteiger partial charge is 0.118 e. The molecule has 0 aliphatic heterocycles. The molecule has 1 nitrogen and oxygen atoms in total. The van der Waals surface area contributed by atoms with E-state index in [1.54, 1.807) is 7.11 Å². The van der Waals surface area contributed by atoms with E-state index < -0.39 is 6.04 Å². The van der Waals surface area contributed by atoms with Crippen LogP contribution in [0.3, 0.4) is 0 Å². The molecule has 0 heterocycles. The minimum atomic E-state index is -2.13. The molecular weight excluding hydrogens is 343 g/mol. The molecule has 3 aromatic carbocycles. The first kappa shape index (κ1) is 17.7. The minimum Gasteiger partial charge on any atom is -0.497 e. The van der Waals surface area contributed by atoms with Crippen LogP contribution in [-0.2, 0) is 11.8 Å². The summed E-state index contributed by atoms with van der Waals surface area (Å²) in [5.41, 5.74) is 1.15. The van der Waals surface area contributed by atoms with E-state index >= 15 is 0 Å². The highest BCUT2D eigenvalue weighted by atomic mass is 32.4. The molecule has 0 aliphatic carbocycles. The third kappa shape index (κ3) is 3.46. The maximum atomic E-state index is 6.41. The minimum absolute atomic E-state index is 0.854. The van der Waals surface area contributed by atoms with E-state index in [-0.39, 0.29) is 0 Å². The first-order chi connectivity index (χ1) is 12.2. The van der Waals surface area contributed by atoms with Crippen molar-refractivity contribution in [3.05, 3.63) is 96.6 Å². The van der Waals surface area contributed by atoms with Crippen molar-refractivity contribution >= 4 is 33.8 Å². The largest absolute Gasteiger partial charge is 0.497 e. The number of hydrogen-bond donors (Lipinski definition) is 0. The molecule has 25 heavy (non-hydrogen) atoms. The molecule has 0 aliphatic rings. The first-order valence-electron chi connectivity index (χ1n) is 8.22. The number of methoxy groups -OCH3 is 1. The van der Waals surface area contributed by atoms with Gasteiger partial charge in [0.25, 0.3) is 0 Å². The average Bonchev–Trinajstić information content (AvgIpc) is 2.70. The molecule has 0 bridgehead atoms. The summed E-state index contributed by atoms with van der Waals surface area (Å²) in [5.74, 6) is 0.854. The SMILES string of the molecule is C/C=C(\c1ccc(OC)cc1)P(=S)(c1ccccc1)c1ccccc1. The Bertz CT molecular complexity index is 856. The summed E-state index contributed by atoms with van der Waals surface area (Å²) in [6.07, 6.45) is 2.17. The van der Waals surface area contributed by atoms with E-state index in [9.17, 15) is 0 Å². The lowest BCUT2D eigenvalue weighted by Crippen LogP contribution is -2.16. The predicted molar refractivity (Wildman–Crippen MR) is 113 cm³/mol. The van der Waals surface area contributed by atoms with Gasteiger partial charge in [0.05, 0.1) is 7.11 Å². The van der Waals surface area contributed by atoms with Crippen molar-refractivity contribution in [2.24, 2.45) is 0 Å². The van der Waals surface area contributed by atoms with Gasteiger partial charge in [-0.3, -0.25) is 0 Å². The van der Waals surface area contributed by atoms with Crippen LogP contribution < -0.4 is 15.3 Å². The van der Waals surface area contributed by atoms with Crippen molar-refractivity contribution in [2.75, 3.05) is 7.11 Å². The van der Waals surface area contributed by atoms with Gasteiger partial charge in [0.2, 0.25) is 0 Å². The Morgan fingerprint density at radius 3 is 1.68 bits per heavy atom. The Morgan fingerprint density at radius 2 is 1.28 bits per heavy atom. The zero-order chi connectivity index (χ0) is 17.7. The third-order valence-electron chi connectivity index (χ3n) is 4.24. The van der Waals surface area contributed by atoms with Gasteiger partial charge in [-0.25, -0.2) is 0 Å². The van der Waals surface area contributed by atoms with E-state index in [2.05, 4.69) is 73.7 Å². The molecule has 3 rings (SSSR count). The quantitative estimate of drug-likeness (QED) is 0.577. The molecule has 0 amide bonds. The molecular formula is C22H21OPS. The van der Waals surface area contributed by atoms with Crippen molar-refractivity contribution in [1.82, 2.24) is 0 Å². The van der Waals surface area contributed by atoms with Gasteiger partial charge in [-0.2, -0.15) is 0 Å². The van der Waals surface area contributed by atoms with Gasteiger partial charge in [0.15, 0.2) is 0 Å². The molecule has 0 aromatic heterocycles. The lowest BCUT2D eigenvalue weighted by atomic mass is 10.2. The van der Waals surface area contributed by atoms with Crippen molar-refractivity contribution in [2.45, 2.75) is 6.92 Å². The molecule has 3 heteroatoms. The zero-order valence-electron chi connectivity index (χ0n) is 14.4. The fraction of sp³-hybridized carbons (Fsp3) is 0.0909. The third-order valence-corrected chi connectivity index (χ3v) is 9.34. The van der Waals surface area contributed by atoms with Gasteiger partial charge in [-0.1, -0.05) is 90.7 Å². The maximum absolute atomic E-state index is 6.41. The lowest BCUT2D eigenvalue weighted by molar-refractivity contribution is 0.415. The predicted octanol–water partition coefficient (Wildman–Crippen LogP) is 5.19. The van der Waals surface area contributed by atoms with Crippen molar-refractivity contribution < 1.29 is 4.74 Å². The zero-order valence-corrected chi connectivity index (χ0v) is 16.1. The highest BCUT2D eigenvalue weighted by Gasteiger charge is 2.27. The van der Waals surface area contributed by atoms with E-state index in [4.69, 9.17) is 16.5 Å². The number of rotatable bonds is 5. The van der Waals surface area contributed by atoms with E-state index in [1.807, 2.05) is 24.3 Å². The average molecular weight is 364 g/mol. The summed E-state index contributed by atoms with van der Waals surface area (Å²) in [6.45, 7) is 2.08. The molecule has 0 saturated carbocycles. The number of hydrogen-bond acceptors (Lipinski definition) is 2. The second-order valence-electron chi connectivity index (χ2n) is 5.68. The molecule has 0 fully saturated rings. The van der Waals surface area contributed by atoms with Crippen LogP contribution in [-0.4, -0.2) is 7.11 Å². The Hall–Kier alpha value is -2.15. The van der Waals surface area contributed by atoms with Gasteiger partial charge in [0.1, 0.15) is 5.75 Å². The van der Waals surface area contributed by atoms with Crippen LogP contribution in [0.1, 0.15) is 12.5 Å². The second kappa shape index (κ2) is 7.82. The van der Waals surface area contributed by atoms with Crippen LogP contribution in [0.5, 0.6) is 5.75 Å². The van der Waals surface area contributed by atoms with Crippen LogP contribution in [0.4, 0.5) is 0 Å². The summed E-state index contributed by atoms with van der Waals surface area (Å²) in [7, 11) is 1.68. The first-order valence-corrected chi connectivity index (χ1v) is 11.0. The molecule has 0 atom stereocenters. The van der Waals surface area contributed by atoms with Crippen molar-refractivity contribution in [1.29, 1.82) is 0 Å². The number of benzene rings is 3. The topological polar surface area (TPSA) is 9.23 Å². The van der Waals surface area contributed by atoms with Gasteiger partial charge in [-0.15, -0.1) is 0 Å². The molecule has 3 aromatic rings. The molecule has 0 unspecified atom stereocenters. The van der Waals surface area contributed by atoms with Crippen LogP contribution >= 0.6 is 6.04 Å². The lowest BCUT2D eigenvalue weighted by Gasteiger charge is -2.27. The fourth-order valence-electron chi connectivity index (χ4n) is 3.00. The summed E-state index contributed by atoms with van der Waals surface area (Å²) in [6, 6.07) is 27.0. The second-order valence-corrected chi connectivity index (χ2v) is 10.1. The Morgan fingerprint density at radius 1 is 0.800 bits per heavy atom. The summed E-state index contributed by atoms with van der Waals surface area (Å²) in [4.78, 5) is 0. The molecule has 0 N–H and O–H groups in total. The maximum Gasteiger partial charge on any atom is 0.118 e. The number of allylic oxidation sites excluding steroid dienone is 1. The van der Waals surface area contributed by atoms with Crippen LogP contribution in [0.15, 0.2) is 91.0 Å². The molecule has 126 valence electrons. The Balaban J connectivity index is 2.21. The summed E-state index contributed by atoms with van der Waals surface area (Å²) >= 11 is 6.41. The normalized spacial score (nSPS) is 12.0. The van der Waals surface area contributed by atoms with Crippen molar-refractivity contribution in [3.63, 3.8) is 0 Å². The standard InChI is InChI=1S/C22H21OPS/c1-3-22(18-14-16-19(23-2)17-15-18)24(25,20-10-6-4-7-11-20)21-12-8-5-9-13-21/h3-17H,1-2H3/b22-3+. The monoisotopic (exact) mass is 364 g/mol. The fourth-order valence-corrected chi connectivity index (χ4v) is 7.27. The van der Waals surface area contributed by atoms with Gasteiger partial charge in [0, 0.05) is 6.04 Å². The Kier molecular flexibility index (Phi) is 5.53. The number of ether oxygens (including phenoxy) is 1. The van der Waals surface area contributed by atoms with Gasteiger partial charge < -0.3 is 4.74 Å². The highest BCUT2D eigenvalue weighted by molar-refractivity contribution is 8.26. The van der Waals surface area contributed by atoms with E-state index in [0.29, 0.717) is 0 Å². The van der Waals surface area contributed by atoms with Crippen LogP contribution in [0.2, 0.25) is 0 Å². The molecule has 0 saturated heterocycles. The van der Waals surface area contributed by atoms with Gasteiger partial charge in [-0.05, 0) is 40.5 Å². The molecule has 0 radical (unpaired) electrons. The molecule has 0 spiro atoms. The Labute approximate surface area is 155 Å². The van der Waals surface area contributed by atoms with Crippen LogP contribution in [0, 0.1) is 0 Å². The van der Waals surface area contributed by atoms with E-state index in [0.717, 1.165) is 11.3 Å².